The van der Waals surface area contributed by atoms with Crippen molar-refractivity contribution in [3.63, 3.8) is 0 Å². The molecular weight excluding hydrogens is 292 g/mol. The highest BCUT2D eigenvalue weighted by molar-refractivity contribution is 9.11. The molecule has 2 heterocycles. The van der Waals surface area contributed by atoms with Gasteiger partial charge in [-0.1, -0.05) is 25.2 Å². The normalized spacial score (nSPS) is 20.3. The molecule has 86 valence electrons. The number of carbonyl (C=O) groups is 2. The smallest absolute Gasteiger partial charge is 0.236 e. The van der Waals surface area contributed by atoms with E-state index in [1.807, 2.05) is 13.8 Å². The minimum Gasteiger partial charge on any atom is -0.274 e. The molecule has 4 nitrogen and oxygen atoms in total. The third-order valence-electron chi connectivity index (χ3n) is 2.41. The predicted octanol–water partition coefficient (Wildman–Crippen LogP) is 2.59. The van der Waals surface area contributed by atoms with Crippen LogP contribution in [-0.2, 0) is 9.59 Å². The van der Waals surface area contributed by atoms with Crippen LogP contribution < -0.4 is 4.90 Å². The zero-order valence-corrected chi connectivity index (χ0v) is 11.4. The molecule has 1 aliphatic rings. The van der Waals surface area contributed by atoms with E-state index in [2.05, 4.69) is 20.9 Å². The molecule has 2 amide bonds. The van der Waals surface area contributed by atoms with Crippen LogP contribution in [0.2, 0.25) is 0 Å². The first-order valence-electron chi connectivity index (χ1n) is 4.86. The molecule has 0 saturated carbocycles. The van der Waals surface area contributed by atoms with Crippen LogP contribution in [-0.4, -0.2) is 16.8 Å². The van der Waals surface area contributed by atoms with Gasteiger partial charge < -0.3 is 0 Å². The molecule has 0 bridgehead atoms. The van der Waals surface area contributed by atoms with E-state index in [1.54, 1.807) is 6.20 Å². The lowest BCUT2D eigenvalue weighted by molar-refractivity contribution is -0.132. The molecule has 0 N–H and O–H groups in total. The standard InChI is InChI=1S/C10H11BrN2O2S/c1-10(2)3-7(14)13(8(15)4-10)9-12-5-6(11)16-9/h5H,3-4H2,1-2H3. The van der Waals surface area contributed by atoms with Crippen LogP contribution in [0, 0.1) is 5.41 Å². The highest BCUT2D eigenvalue weighted by atomic mass is 79.9. The summed E-state index contributed by atoms with van der Waals surface area (Å²) in [6.45, 7) is 3.86. The topological polar surface area (TPSA) is 50.3 Å². The zero-order chi connectivity index (χ0) is 11.9. The van der Waals surface area contributed by atoms with Crippen molar-refractivity contribution in [3.8, 4) is 0 Å². The first-order chi connectivity index (χ1) is 7.39. The van der Waals surface area contributed by atoms with E-state index < -0.39 is 0 Å². The number of thiazole rings is 1. The summed E-state index contributed by atoms with van der Waals surface area (Å²) in [6.07, 6.45) is 2.37. The van der Waals surface area contributed by atoms with Crippen molar-refractivity contribution in [2.45, 2.75) is 26.7 Å². The van der Waals surface area contributed by atoms with Crippen molar-refractivity contribution in [2.75, 3.05) is 4.90 Å². The van der Waals surface area contributed by atoms with Gasteiger partial charge in [-0.05, 0) is 21.3 Å². The summed E-state index contributed by atoms with van der Waals surface area (Å²) in [5.41, 5.74) is -0.237. The maximum Gasteiger partial charge on any atom is 0.236 e. The number of nitrogens with zero attached hydrogens (tertiary/aromatic N) is 2. The molecule has 1 fully saturated rings. The lowest BCUT2D eigenvalue weighted by Gasteiger charge is -2.33. The van der Waals surface area contributed by atoms with E-state index in [0.717, 1.165) is 3.79 Å². The van der Waals surface area contributed by atoms with Gasteiger partial charge in [0.25, 0.3) is 0 Å². The second-order valence-corrected chi connectivity index (χ2v) is 6.98. The summed E-state index contributed by atoms with van der Waals surface area (Å²) in [7, 11) is 0. The molecule has 0 radical (unpaired) electrons. The van der Waals surface area contributed by atoms with Gasteiger partial charge in [-0.25, -0.2) is 9.88 Å². The largest absolute Gasteiger partial charge is 0.274 e. The third kappa shape index (κ3) is 2.17. The number of amides is 2. The Morgan fingerprint density at radius 2 is 1.94 bits per heavy atom. The van der Waals surface area contributed by atoms with Gasteiger partial charge in [0.15, 0.2) is 5.13 Å². The Morgan fingerprint density at radius 1 is 1.38 bits per heavy atom. The Kier molecular flexibility index (Phi) is 2.88. The lowest BCUT2D eigenvalue weighted by atomic mass is 9.82. The van der Waals surface area contributed by atoms with Crippen LogP contribution in [0.25, 0.3) is 0 Å². The maximum absolute atomic E-state index is 11.9. The molecule has 0 aromatic carbocycles. The van der Waals surface area contributed by atoms with Crippen molar-refractivity contribution in [2.24, 2.45) is 5.41 Å². The molecule has 0 aliphatic carbocycles. The van der Waals surface area contributed by atoms with Gasteiger partial charge in [-0.15, -0.1) is 0 Å². The van der Waals surface area contributed by atoms with E-state index in [9.17, 15) is 9.59 Å². The molecule has 6 heteroatoms. The fourth-order valence-electron chi connectivity index (χ4n) is 1.74. The molecule has 0 atom stereocenters. The van der Waals surface area contributed by atoms with Crippen molar-refractivity contribution < 1.29 is 9.59 Å². The Balaban J connectivity index is 2.30. The van der Waals surface area contributed by atoms with E-state index >= 15 is 0 Å². The maximum atomic E-state index is 11.9. The highest BCUT2D eigenvalue weighted by Crippen LogP contribution is 2.36. The van der Waals surface area contributed by atoms with Crippen LogP contribution in [0.5, 0.6) is 0 Å². The fourth-order valence-corrected chi connectivity index (χ4v) is 2.96. The van der Waals surface area contributed by atoms with Crippen LogP contribution in [0.1, 0.15) is 26.7 Å². The Morgan fingerprint density at radius 3 is 2.38 bits per heavy atom. The Labute approximate surface area is 106 Å². The Bertz CT molecular complexity index is 435. The second kappa shape index (κ2) is 3.92. The minimum atomic E-state index is -0.237. The van der Waals surface area contributed by atoms with Gasteiger partial charge in [0.1, 0.15) is 0 Å². The van der Waals surface area contributed by atoms with Crippen molar-refractivity contribution in [1.82, 2.24) is 4.98 Å². The Hall–Kier alpha value is -0.750. The number of aromatic nitrogens is 1. The second-order valence-electron chi connectivity index (χ2n) is 4.59. The van der Waals surface area contributed by atoms with Crippen LogP contribution >= 0.6 is 27.3 Å². The van der Waals surface area contributed by atoms with Crippen LogP contribution in [0.15, 0.2) is 9.98 Å². The molecule has 1 saturated heterocycles. The fraction of sp³-hybridized carbons (Fsp3) is 0.500. The molecule has 1 aliphatic heterocycles. The molecule has 2 rings (SSSR count). The molecule has 16 heavy (non-hydrogen) atoms. The average molecular weight is 303 g/mol. The number of halogens is 1. The molecule has 0 spiro atoms. The number of piperidine rings is 1. The summed E-state index contributed by atoms with van der Waals surface area (Å²) in [5, 5.41) is 0.456. The SMILES string of the molecule is CC1(C)CC(=O)N(c2ncc(Br)s2)C(=O)C1. The zero-order valence-electron chi connectivity index (χ0n) is 8.99. The highest BCUT2D eigenvalue weighted by Gasteiger charge is 2.39. The first kappa shape index (κ1) is 11.7. The molecule has 0 unspecified atom stereocenters. The summed E-state index contributed by atoms with van der Waals surface area (Å²) in [6, 6.07) is 0. The monoisotopic (exact) mass is 302 g/mol. The number of anilines is 1. The minimum absolute atomic E-state index is 0.164. The van der Waals surface area contributed by atoms with Crippen LogP contribution in [0.4, 0.5) is 5.13 Å². The molecule has 1 aromatic heterocycles. The number of carbonyl (C=O) groups excluding carboxylic acids is 2. The van der Waals surface area contributed by atoms with Crippen LogP contribution in [0.3, 0.4) is 0 Å². The number of hydrogen-bond acceptors (Lipinski definition) is 4. The summed E-state index contributed by atoms with van der Waals surface area (Å²) in [5.74, 6) is -0.328. The summed E-state index contributed by atoms with van der Waals surface area (Å²) < 4.78 is 0.813. The molecular formula is C10H11BrN2O2S. The van der Waals surface area contributed by atoms with Gasteiger partial charge in [0.05, 0.1) is 9.98 Å². The number of imide groups is 1. The quantitative estimate of drug-likeness (QED) is 0.749. The van der Waals surface area contributed by atoms with Crippen molar-refractivity contribution in [3.05, 3.63) is 9.98 Å². The average Bonchev–Trinajstić information content (AvgIpc) is 2.47. The van der Waals surface area contributed by atoms with E-state index in [-0.39, 0.29) is 17.2 Å². The van der Waals surface area contributed by atoms with E-state index in [1.165, 1.54) is 16.2 Å². The van der Waals surface area contributed by atoms with E-state index in [4.69, 9.17) is 0 Å². The third-order valence-corrected chi connectivity index (χ3v) is 3.88. The van der Waals surface area contributed by atoms with Gasteiger partial charge in [0, 0.05) is 12.8 Å². The van der Waals surface area contributed by atoms with E-state index in [0.29, 0.717) is 18.0 Å². The van der Waals surface area contributed by atoms with Gasteiger partial charge in [-0.3, -0.25) is 9.59 Å². The van der Waals surface area contributed by atoms with Gasteiger partial charge in [-0.2, -0.15) is 0 Å². The number of hydrogen-bond donors (Lipinski definition) is 0. The first-order valence-corrected chi connectivity index (χ1v) is 6.47. The van der Waals surface area contributed by atoms with Gasteiger partial charge in [0.2, 0.25) is 11.8 Å². The predicted molar refractivity (Wildman–Crippen MR) is 65.3 cm³/mol. The summed E-state index contributed by atoms with van der Waals surface area (Å²) >= 11 is 4.56. The van der Waals surface area contributed by atoms with Crippen molar-refractivity contribution in [1.29, 1.82) is 0 Å². The van der Waals surface area contributed by atoms with Crippen molar-refractivity contribution >= 4 is 44.2 Å². The summed E-state index contributed by atoms with van der Waals surface area (Å²) in [4.78, 5) is 29.0. The number of rotatable bonds is 1. The molecule has 1 aromatic rings. The van der Waals surface area contributed by atoms with Gasteiger partial charge >= 0.3 is 0 Å². The lowest BCUT2D eigenvalue weighted by Crippen LogP contribution is -2.46.